The number of halogens is 3. The lowest BCUT2D eigenvalue weighted by Crippen LogP contribution is -2.38. The van der Waals surface area contributed by atoms with E-state index in [1.165, 1.54) is 27.5 Å². The molecule has 0 bridgehead atoms. The van der Waals surface area contributed by atoms with Gasteiger partial charge in [-0.05, 0) is 37.0 Å². The Kier molecular flexibility index (Phi) is 6.31. The molecule has 2 aliphatic rings. The summed E-state index contributed by atoms with van der Waals surface area (Å²) in [5, 5.41) is 7.09. The van der Waals surface area contributed by atoms with Gasteiger partial charge in [-0.1, -0.05) is 0 Å². The molecule has 1 aromatic carbocycles. The Morgan fingerprint density at radius 3 is 2.24 bits per heavy atom. The van der Waals surface area contributed by atoms with Gasteiger partial charge in [-0.15, -0.1) is 0 Å². The third-order valence-electron chi connectivity index (χ3n) is 6.20. The zero-order valence-corrected chi connectivity index (χ0v) is 18.7. The molecule has 0 unspecified atom stereocenters. The summed E-state index contributed by atoms with van der Waals surface area (Å²) >= 11 is 0. The SMILES string of the molecule is COc1cc([C@@H]2C[C@@H](C(F)(F)F)n3ncc(C(=O)N4CCCCC4)c3N2)cc(OC)c1OC. The van der Waals surface area contributed by atoms with Crippen molar-refractivity contribution in [1.82, 2.24) is 14.7 Å². The van der Waals surface area contributed by atoms with Gasteiger partial charge in [0.05, 0.1) is 33.6 Å². The molecule has 11 heteroatoms. The van der Waals surface area contributed by atoms with E-state index in [1.807, 2.05) is 0 Å². The molecular weight excluding hydrogens is 441 g/mol. The van der Waals surface area contributed by atoms with Gasteiger partial charge < -0.3 is 24.4 Å². The average molecular weight is 468 g/mol. The first-order valence-electron chi connectivity index (χ1n) is 10.8. The second kappa shape index (κ2) is 9.03. The fourth-order valence-electron chi connectivity index (χ4n) is 4.51. The van der Waals surface area contributed by atoms with Crippen LogP contribution in [0.4, 0.5) is 19.0 Å². The number of likely N-dealkylation sites (tertiary alicyclic amines) is 1. The largest absolute Gasteiger partial charge is 0.493 e. The van der Waals surface area contributed by atoms with Crippen LogP contribution < -0.4 is 19.5 Å². The highest BCUT2D eigenvalue weighted by atomic mass is 19.4. The van der Waals surface area contributed by atoms with E-state index in [0.29, 0.717) is 35.9 Å². The van der Waals surface area contributed by atoms with Crippen LogP contribution in [0.2, 0.25) is 0 Å². The van der Waals surface area contributed by atoms with E-state index < -0.39 is 18.3 Å². The summed E-state index contributed by atoms with van der Waals surface area (Å²) in [5.74, 6) is 0.771. The van der Waals surface area contributed by atoms with Crippen LogP contribution in [0.1, 0.15) is 53.7 Å². The van der Waals surface area contributed by atoms with Crippen LogP contribution in [0.5, 0.6) is 17.2 Å². The minimum Gasteiger partial charge on any atom is -0.493 e. The number of ether oxygens (including phenoxy) is 3. The number of amides is 1. The first-order chi connectivity index (χ1) is 15.8. The number of hydrogen-bond acceptors (Lipinski definition) is 6. The minimum absolute atomic E-state index is 0.0675. The topological polar surface area (TPSA) is 77.9 Å². The molecule has 2 aliphatic heterocycles. The van der Waals surface area contributed by atoms with Gasteiger partial charge in [0.25, 0.3) is 5.91 Å². The second-order valence-electron chi connectivity index (χ2n) is 8.15. The molecular formula is C22H27F3N4O4. The molecule has 180 valence electrons. The maximum Gasteiger partial charge on any atom is 0.410 e. The van der Waals surface area contributed by atoms with Gasteiger partial charge in [-0.3, -0.25) is 4.79 Å². The van der Waals surface area contributed by atoms with Crippen LogP contribution in [0.15, 0.2) is 18.3 Å². The number of hydrogen-bond donors (Lipinski definition) is 1. The lowest BCUT2D eigenvalue weighted by Gasteiger charge is -2.35. The molecule has 8 nitrogen and oxygen atoms in total. The molecule has 1 saturated heterocycles. The van der Waals surface area contributed by atoms with Gasteiger partial charge in [0.15, 0.2) is 17.5 Å². The Hall–Kier alpha value is -3.11. The molecule has 33 heavy (non-hydrogen) atoms. The van der Waals surface area contributed by atoms with Crippen molar-refractivity contribution in [3.05, 3.63) is 29.5 Å². The number of anilines is 1. The smallest absolute Gasteiger partial charge is 0.410 e. The van der Waals surface area contributed by atoms with Crippen LogP contribution >= 0.6 is 0 Å². The van der Waals surface area contributed by atoms with Gasteiger partial charge in [0.2, 0.25) is 5.75 Å². The fraction of sp³-hybridized carbons (Fsp3) is 0.545. The number of nitrogens with one attached hydrogen (secondary N) is 1. The first kappa shape index (κ1) is 23.1. The fourth-order valence-corrected chi connectivity index (χ4v) is 4.51. The summed E-state index contributed by atoms with van der Waals surface area (Å²) in [5.41, 5.74) is 0.658. The van der Waals surface area contributed by atoms with Gasteiger partial charge in [0, 0.05) is 19.5 Å². The predicted octanol–water partition coefficient (Wildman–Crippen LogP) is 4.20. The van der Waals surface area contributed by atoms with Crippen LogP contribution in [-0.4, -0.2) is 61.2 Å². The summed E-state index contributed by atoms with van der Waals surface area (Å²) in [6, 6.07) is 0.582. The zero-order valence-electron chi connectivity index (χ0n) is 18.7. The maximum atomic E-state index is 14.0. The quantitative estimate of drug-likeness (QED) is 0.709. The van der Waals surface area contributed by atoms with E-state index in [0.717, 1.165) is 23.9 Å². The number of carbonyl (C=O) groups is 1. The molecule has 1 amide bonds. The number of alkyl halides is 3. The lowest BCUT2D eigenvalue weighted by atomic mass is 9.95. The van der Waals surface area contributed by atoms with Gasteiger partial charge in [0.1, 0.15) is 11.4 Å². The normalized spacial score (nSPS) is 20.6. The average Bonchev–Trinajstić information content (AvgIpc) is 3.25. The van der Waals surface area contributed by atoms with E-state index in [2.05, 4.69) is 10.4 Å². The molecule has 2 atom stereocenters. The Bertz CT molecular complexity index is 993. The number of methoxy groups -OCH3 is 3. The Balaban J connectivity index is 1.75. The molecule has 1 N–H and O–H groups in total. The van der Waals surface area contributed by atoms with Crippen molar-refractivity contribution in [2.24, 2.45) is 0 Å². The molecule has 0 saturated carbocycles. The Morgan fingerprint density at radius 2 is 1.70 bits per heavy atom. The maximum absolute atomic E-state index is 14.0. The molecule has 0 aliphatic carbocycles. The molecule has 2 aromatic rings. The molecule has 0 spiro atoms. The van der Waals surface area contributed by atoms with Crippen molar-refractivity contribution < 1.29 is 32.2 Å². The highest BCUT2D eigenvalue weighted by Gasteiger charge is 2.47. The number of carbonyl (C=O) groups excluding carboxylic acids is 1. The molecule has 0 radical (unpaired) electrons. The third-order valence-corrected chi connectivity index (χ3v) is 6.20. The van der Waals surface area contributed by atoms with Crippen molar-refractivity contribution in [2.45, 2.75) is 43.9 Å². The Morgan fingerprint density at radius 1 is 1.06 bits per heavy atom. The van der Waals surface area contributed by atoms with Gasteiger partial charge >= 0.3 is 6.18 Å². The number of fused-ring (bicyclic) bond motifs is 1. The summed E-state index contributed by atoms with van der Waals surface area (Å²) in [4.78, 5) is 14.8. The number of aromatic nitrogens is 2. The van der Waals surface area contributed by atoms with Crippen molar-refractivity contribution in [1.29, 1.82) is 0 Å². The van der Waals surface area contributed by atoms with Gasteiger partial charge in [-0.2, -0.15) is 18.3 Å². The van der Waals surface area contributed by atoms with Crippen molar-refractivity contribution in [3.8, 4) is 17.2 Å². The van der Waals surface area contributed by atoms with E-state index >= 15 is 0 Å². The number of nitrogens with zero attached hydrogens (tertiary/aromatic N) is 3. The molecule has 3 heterocycles. The summed E-state index contributed by atoms with van der Waals surface area (Å²) in [7, 11) is 4.34. The molecule has 4 rings (SSSR count). The number of benzene rings is 1. The number of piperidine rings is 1. The summed E-state index contributed by atoms with van der Waals surface area (Å²) in [6.45, 7) is 1.17. The van der Waals surface area contributed by atoms with Gasteiger partial charge in [-0.25, -0.2) is 4.68 Å². The van der Waals surface area contributed by atoms with Crippen molar-refractivity contribution in [2.75, 3.05) is 39.7 Å². The first-order valence-corrected chi connectivity index (χ1v) is 10.8. The zero-order chi connectivity index (χ0) is 23.8. The van der Waals surface area contributed by atoms with E-state index in [-0.39, 0.29) is 23.7 Å². The standard InChI is InChI=1S/C22H27F3N4O4/c1-31-16-9-13(10-17(32-2)19(16)33-3)15-11-18(22(23,24)25)29-20(27-15)14(12-26-29)21(30)28-7-5-4-6-8-28/h9-10,12,15,18,27H,4-8,11H2,1-3H3/t15-,18-/m0/s1. The molecule has 1 fully saturated rings. The second-order valence-corrected chi connectivity index (χ2v) is 8.15. The van der Waals surface area contributed by atoms with Crippen LogP contribution in [0, 0.1) is 0 Å². The summed E-state index contributed by atoms with van der Waals surface area (Å²) in [6.07, 6.45) is -0.839. The lowest BCUT2D eigenvalue weighted by molar-refractivity contribution is -0.173. The van der Waals surface area contributed by atoms with E-state index in [9.17, 15) is 18.0 Å². The van der Waals surface area contributed by atoms with E-state index in [4.69, 9.17) is 14.2 Å². The predicted molar refractivity (Wildman–Crippen MR) is 114 cm³/mol. The van der Waals surface area contributed by atoms with Crippen molar-refractivity contribution >= 4 is 11.7 Å². The van der Waals surface area contributed by atoms with Crippen LogP contribution in [0.3, 0.4) is 0 Å². The summed E-state index contributed by atoms with van der Waals surface area (Å²) < 4.78 is 59.0. The van der Waals surface area contributed by atoms with Crippen LogP contribution in [0.25, 0.3) is 0 Å². The van der Waals surface area contributed by atoms with Crippen LogP contribution in [-0.2, 0) is 0 Å². The highest BCUT2D eigenvalue weighted by Crippen LogP contribution is 2.47. The van der Waals surface area contributed by atoms with Crippen molar-refractivity contribution in [3.63, 3.8) is 0 Å². The number of rotatable bonds is 5. The third kappa shape index (κ3) is 4.28. The Labute approximate surface area is 189 Å². The van der Waals surface area contributed by atoms with E-state index in [1.54, 1.807) is 17.0 Å². The monoisotopic (exact) mass is 468 g/mol. The molecule has 1 aromatic heterocycles. The highest BCUT2D eigenvalue weighted by molar-refractivity contribution is 5.99. The minimum atomic E-state index is -4.55.